The second-order valence-corrected chi connectivity index (χ2v) is 9.42. The van der Waals surface area contributed by atoms with Gasteiger partial charge in [-0.25, -0.2) is 4.98 Å². The Morgan fingerprint density at radius 3 is 2.50 bits per heavy atom. The highest BCUT2D eigenvalue weighted by molar-refractivity contribution is 5.29. The van der Waals surface area contributed by atoms with E-state index in [4.69, 9.17) is 9.47 Å². The number of nitrogens with zero attached hydrogens (tertiary/aromatic N) is 3. The van der Waals surface area contributed by atoms with E-state index >= 15 is 0 Å². The fourth-order valence-electron chi connectivity index (χ4n) is 4.68. The second-order valence-electron chi connectivity index (χ2n) is 9.42. The Morgan fingerprint density at radius 1 is 1.10 bits per heavy atom. The molecule has 6 nitrogen and oxygen atoms in total. The molecule has 0 radical (unpaired) electrons. The van der Waals surface area contributed by atoms with E-state index in [-0.39, 0.29) is 0 Å². The molecule has 2 heterocycles. The fraction of sp³-hybridized carbons (Fsp3) is 0.625. The van der Waals surface area contributed by atoms with Crippen LogP contribution in [0.5, 0.6) is 11.6 Å². The van der Waals surface area contributed by atoms with Crippen molar-refractivity contribution in [1.82, 2.24) is 15.0 Å². The molecule has 0 saturated heterocycles. The average molecular weight is 412 g/mol. The van der Waals surface area contributed by atoms with Gasteiger partial charge in [-0.3, -0.25) is 4.98 Å². The minimum Gasteiger partial charge on any atom is -0.495 e. The maximum Gasteiger partial charge on any atom is 0.220 e. The maximum absolute atomic E-state index is 10.3. The molecule has 2 atom stereocenters. The van der Waals surface area contributed by atoms with Crippen LogP contribution in [0.4, 0.5) is 0 Å². The predicted octanol–water partition coefficient (Wildman–Crippen LogP) is 4.42. The van der Waals surface area contributed by atoms with Crippen molar-refractivity contribution in [3.05, 3.63) is 41.6 Å². The Kier molecular flexibility index (Phi) is 5.96. The van der Waals surface area contributed by atoms with E-state index in [0.29, 0.717) is 30.3 Å². The molecule has 2 fully saturated rings. The molecule has 0 amide bonds. The molecule has 0 bridgehead atoms. The third-order valence-corrected chi connectivity index (χ3v) is 6.80. The first kappa shape index (κ1) is 21.0. The number of ether oxygens (including phenoxy) is 2. The first-order chi connectivity index (χ1) is 14.3. The quantitative estimate of drug-likeness (QED) is 0.727. The number of methoxy groups -OCH3 is 1. The highest BCUT2D eigenvalue weighted by atomic mass is 16.5. The van der Waals surface area contributed by atoms with Crippen molar-refractivity contribution in [2.75, 3.05) is 13.7 Å². The summed E-state index contributed by atoms with van der Waals surface area (Å²) >= 11 is 0. The summed E-state index contributed by atoms with van der Waals surface area (Å²) in [7, 11) is 1.66. The van der Waals surface area contributed by atoms with Crippen molar-refractivity contribution in [2.24, 2.45) is 11.8 Å². The van der Waals surface area contributed by atoms with Gasteiger partial charge in [0, 0.05) is 29.3 Å². The second kappa shape index (κ2) is 8.50. The van der Waals surface area contributed by atoms with E-state index < -0.39 is 5.60 Å². The summed E-state index contributed by atoms with van der Waals surface area (Å²) in [6.07, 6.45) is 8.95. The summed E-state index contributed by atoms with van der Waals surface area (Å²) < 4.78 is 11.4. The minimum atomic E-state index is -0.607. The van der Waals surface area contributed by atoms with Crippen LogP contribution in [-0.2, 0) is 0 Å². The molecular formula is C24H33N3O3. The molecule has 6 heteroatoms. The van der Waals surface area contributed by atoms with Gasteiger partial charge in [0.2, 0.25) is 5.88 Å². The van der Waals surface area contributed by atoms with Crippen LogP contribution in [0.1, 0.15) is 74.9 Å². The molecule has 1 N–H and O–H groups in total. The van der Waals surface area contributed by atoms with Crippen molar-refractivity contribution < 1.29 is 14.6 Å². The zero-order valence-electron chi connectivity index (χ0n) is 18.5. The molecule has 30 heavy (non-hydrogen) atoms. The molecule has 2 aromatic rings. The summed E-state index contributed by atoms with van der Waals surface area (Å²) in [5.74, 6) is 3.94. The van der Waals surface area contributed by atoms with Crippen LogP contribution in [0.25, 0.3) is 0 Å². The topological polar surface area (TPSA) is 77.4 Å². The van der Waals surface area contributed by atoms with Crippen LogP contribution >= 0.6 is 0 Å². The third kappa shape index (κ3) is 4.75. The van der Waals surface area contributed by atoms with E-state index in [2.05, 4.69) is 15.0 Å². The number of hydrogen-bond donors (Lipinski definition) is 1. The Morgan fingerprint density at radius 2 is 1.87 bits per heavy atom. The molecular weight excluding hydrogens is 378 g/mol. The van der Waals surface area contributed by atoms with Crippen molar-refractivity contribution in [3.63, 3.8) is 0 Å². The SMILES string of the molecule is COc1ccc([C@H]2C[C@@H]2COc2nc(C)ncc2[C@H]2CC[C@H](C(C)(C)O)CC2)nc1. The van der Waals surface area contributed by atoms with Gasteiger partial charge in [-0.05, 0) is 76.8 Å². The average Bonchev–Trinajstić information content (AvgIpc) is 3.51. The lowest BCUT2D eigenvalue weighted by atomic mass is 9.73. The van der Waals surface area contributed by atoms with Crippen molar-refractivity contribution in [2.45, 2.75) is 70.3 Å². The lowest BCUT2D eigenvalue weighted by Gasteiger charge is -2.36. The van der Waals surface area contributed by atoms with Gasteiger partial charge in [-0.1, -0.05) is 0 Å². The highest BCUT2D eigenvalue weighted by Crippen LogP contribution is 2.47. The van der Waals surface area contributed by atoms with Crippen molar-refractivity contribution in [1.29, 1.82) is 0 Å². The standard InChI is InChI=1S/C24H33N3O3/c1-15-25-13-21(16-5-7-18(8-6-16)24(2,3)28)23(27-15)30-14-17-11-20(17)22-10-9-19(29-4)12-26-22/h9-10,12-13,16-18,20,28H,5-8,11,14H2,1-4H3/t16-,17-,18-,20+/m1/s1. The zero-order valence-corrected chi connectivity index (χ0v) is 18.5. The number of aliphatic hydroxyl groups is 1. The summed E-state index contributed by atoms with van der Waals surface area (Å²) in [6.45, 7) is 6.40. The lowest BCUT2D eigenvalue weighted by Crippen LogP contribution is -2.33. The first-order valence-corrected chi connectivity index (χ1v) is 11.0. The normalized spacial score (nSPS) is 26.3. The van der Waals surface area contributed by atoms with E-state index in [9.17, 15) is 5.11 Å². The number of aryl methyl sites for hydroxylation is 1. The van der Waals surface area contributed by atoms with E-state index in [0.717, 1.165) is 60.8 Å². The third-order valence-electron chi connectivity index (χ3n) is 6.80. The van der Waals surface area contributed by atoms with E-state index in [1.165, 1.54) is 0 Å². The van der Waals surface area contributed by atoms with Crippen LogP contribution in [0.3, 0.4) is 0 Å². The molecule has 4 rings (SSSR count). The van der Waals surface area contributed by atoms with Crippen LogP contribution in [-0.4, -0.2) is 39.4 Å². The van der Waals surface area contributed by atoms with Gasteiger partial charge in [0.15, 0.2) is 0 Å². The van der Waals surface area contributed by atoms with Gasteiger partial charge in [-0.15, -0.1) is 0 Å². The van der Waals surface area contributed by atoms with E-state index in [1.807, 2.05) is 39.1 Å². The summed E-state index contributed by atoms with van der Waals surface area (Å²) in [5.41, 5.74) is 1.62. The summed E-state index contributed by atoms with van der Waals surface area (Å²) in [5, 5.41) is 10.3. The molecule has 2 saturated carbocycles. The molecule has 2 aromatic heterocycles. The van der Waals surface area contributed by atoms with Crippen molar-refractivity contribution >= 4 is 0 Å². The van der Waals surface area contributed by atoms with Crippen LogP contribution in [0, 0.1) is 18.8 Å². The van der Waals surface area contributed by atoms with Crippen LogP contribution in [0.2, 0.25) is 0 Å². The number of pyridine rings is 1. The zero-order chi connectivity index (χ0) is 21.3. The predicted molar refractivity (Wildman–Crippen MR) is 115 cm³/mol. The van der Waals surface area contributed by atoms with Crippen molar-refractivity contribution in [3.8, 4) is 11.6 Å². The van der Waals surface area contributed by atoms with Crippen LogP contribution < -0.4 is 9.47 Å². The van der Waals surface area contributed by atoms with Gasteiger partial charge in [0.05, 0.1) is 25.5 Å². The molecule has 162 valence electrons. The Bertz CT molecular complexity index is 855. The smallest absolute Gasteiger partial charge is 0.220 e. The van der Waals surface area contributed by atoms with Gasteiger partial charge < -0.3 is 14.6 Å². The van der Waals surface area contributed by atoms with Gasteiger partial charge >= 0.3 is 0 Å². The largest absolute Gasteiger partial charge is 0.495 e. The summed E-state index contributed by atoms with van der Waals surface area (Å²) in [6, 6.07) is 4.01. The monoisotopic (exact) mass is 411 g/mol. The van der Waals surface area contributed by atoms with Gasteiger partial charge in [-0.2, -0.15) is 4.98 Å². The first-order valence-electron chi connectivity index (χ1n) is 11.0. The summed E-state index contributed by atoms with van der Waals surface area (Å²) in [4.78, 5) is 13.6. The number of rotatable bonds is 7. The van der Waals surface area contributed by atoms with Gasteiger partial charge in [0.25, 0.3) is 0 Å². The minimum absolute atomic E-state index is 0.355. The Labute approximate surface area is 179 Å². The molecule has 0 aliphatic heterocycles. The Hall–Kier alpha value is -2.21. The molecule has 2 aliphatic carbocycles. The Balaban J connectivity index is 1.37. The van der Waals surface area contributed by atoms with Gasteiger partial charge in [0.1, 0.15) is 11.6 Å². The number of hydrogen-bond acceptors (Lipinski definition) is 6. The molecule has 2 aliphatic rings. The maximum atomic E-state index is 10.3. The van der Waals surface area contributed by atoms with Crippen LogP contribution in [0.15, 0.2) is 24.5 Å². The number of aromatic nitrogens is 3. The molecule has 0 spiro atoms. The van der Waals surface area contributed by atoms with E-state index in [1.54, 1.807) is 13.3 Å². The highest BCUT2D eigenvalue weighted by Gasteiger charge is 2.40. The fourth-order valence-corrected chi connectivity index (χ4v) is 4.68. The molecule has 0 unspecified atom stereocenters. The lowest BCUT2D eigenvalue weighted by molar-refractivity contribution is -0.00168. The molecule has 0 aromatic carbocycles.